The molecule has 2 amide bonds. The Morgan fingerprint density at radius 2 is 1.92 bits per heavy atom. The number of aromatic nitrogens is 2. The first-order valence-electron chi connectivity index (χ1n) is 12.5. The predicted octanol–water partition coefficient (Wildman–Crippen LogP) is 7.09. The Kier molecular flexibility index (Phi) is 8.54. The summed E-state index contributed by atoms with van der Waals surface area (Å²) >= 11 is 6.51. The molecule has 3 aromatic rings. The molecular weight excluding hydrogens is 488 g/mol. The van der Waals surface area contributed by atoms with Crippen LogP contribution in [0.2, 0.25) is 0 Å². The van der Waals surface area contributed by atoms with Gasteiger partial charge in [0.15, 0.2) is 0 Å². The lowest BCUT2D eigenvalue weighted by Gasteiger charge is -2.30. The average Bonchev–Trinajstić information content (AvgIpc) is 3.34. The maximum absolute atomic E-state index is 12.7. The Hall–Kier alpha value is -2.62. The van der Waals surface area contributed by atoms with Gasteiger partial charge in [0.1, 0.15) is 0 Å². The van der Waals surface area contributed by atoms with Gasteiger partial charge in [0.2, 0.25) is 0 Å². The smallest absolute Gasteiger partial charge is 0.319 e. The van der Waals surface area contributed by atoms with E-state index in [1.165, 1.54) is 37.1 Å². The number of nitrogens with zero attached hydrogens (tertiary/aromatic N) is 3. The average molecular weight is 525 g/mol. The second-order valence-corrected chi connectivity index (χ2v) is 11.8. The van der Waals surface area contributed by atoms with Crippen molar-refractivity contribution in [1.82, 2.24) is 20.7 Å². The standard InChI is InChI=1S/C27H36N6OS2/c1-18(22-12-8-9-15-28-22)30-26(34)31-20-13-14-21(23(16-20)33(35)32-27(2,3)4)24-17-29-25(36-24)19-10-6-5-7-11-19/h8-9,12-19,32,35H,5-7,10-11H2,1-4H3,(H2,30,31,34). The molecule has 1 aromatic carbocycles. The van der Waals surface area contributed by atoms with Crippen LogP contribution in [0.5, 0.6) is 0 Å². The molecule has 0 saturated heterocycles. The summed E-state index contributed by atoms with van der Waals surface area (Å²) in [5.41, 5.74) is 6.55. The van der Waals surface area contributed by atoms with Crippen molar-refractivity contribution in [3.63, 3.8) is 0 Å². The third-order valence-electron chi connectivity index (χ3n) is 6.15. The van der Waals surface area contributed by atoms with Crippen LogP contribution in [0.25, 0.3) is 10.4 Å². The summed E-state index contributed by atoms with van der Waals surface area (Å²) in [5.74, 6) is 0.562. The monoisotopic (exact) mass is 524 g/mol. The number of rotatable bonds is 7. The highest BCUT2D eigenvalue weighted by atomic mass is 32.1. The number of hydrogen-bond acceptors (Lipinski definition) is 7. The van der Waals surface area contributed by atoms with Gasteiger partial charge < -0.3 is 10.6 Å². The molecule has 1 atom stereocenters. The Bertz CT molecular complexity index is 1150. The van der Waals surface area contributed by atoms with Crippen molar-refractivity contribution in [2.24, 2.45) is 0 Å². The van der Waals surface area contributed by atoms with Crippen LogP contribution in [0, 0.1) is 0 Å². The Morgan fingerprint density at radius 3 is 2.61 bits per heavy atom. The number of benzene rings is 1. The largest absolute Gasteiger partial charge is 0.330 e. The fourth-order valence-electron chi connectivity index (χ4n) is 4.39. The van der Waals surface area contributed by atoms with Crippen LogP contribution in [0.15, 0.2) is 48.8 Å². The number of nitrogens with one attached hydrogen (secondary N) is 3. The topological polar surface area (TPSA) is 82.2 Å². The van der Waals surface area contributed by atoms with E-state index in [-0.39, 0.29) is 17.6 Å². The van der Waals surface area contributed by atoms with Gasteiger partial charge in [-0.3, -0.25) is 9.40 Å². The van der Waals surface area contributed by atoms with Gasteiger partial charge in [-0.05, 0) is 83.7 Å². The van der Waals surface area contributed by atoms with Gasteiger partial charge in [0.05, 0.1) is 27.3 Å². The number of hydrogen-bond donors (Lipinski definition) is 4. The Morgan fingerprint density at radius 1 is 1.14 bits per heavy atom. The van der Waals surface area contributed by atoms with Crippen molar-refractivity contribution < 1.29 is 4.79 Å². The number of urea groups is 1. The lowest BCUT2D eigenvalue weighted by atomic mass is 9.90. The third kappa shape index (κ3) is 6.99. The summed E-state index contributed by atoms with van der Waals surface area (Å²) < 4.78 is 1.73. The number of amides is 2. The number of anilines is 2. The van der Waals surface area contributed by atoms with Crippen LogP contribution in [0.4, 0.5) is 16.2 Å². The van der Waals surface area contributed by atoms with Crippen molar-refractivity contribution in [3.05, 3.63) is 59.5 Å². The molecule has 1 aliphatic rings. The zero-order valence-electron chi connectivity index (χ0n) is 21.4. The van der Waals surface area contributed by atoms with Crippen LogP contribution < -0.4 is 20.5 Å². The van der Waals surface area contributed by atoms with Gasteiger partial charge in [0, 0.05) is 35.1 Å². The fraction of sp³-hybridized carbons (Fsp3) is 0.444. The molecule has 192 valence electrons. The summed E-state index contributed by atoms with van der Waals surface area (Å²) in [6.07, 6.45) is 10.0. The number of pyridine rings is 1. The highest BCUT2D eigenvalue weighted by molar-refractivity contribution is 7.81. The molecule has 2 aromatic heterocycles. The van der Waals surface area contributed by atoms with Crippen molar-refractivity contribution >= 4 is 41.6 Å². The molecule has 1 fully saturated rings. The van der Waals surface area contributed by atoms with E-state index in [2.05, 4.69) is 41.8 Å². The molecule has 3 N–H and O–H groups in total. The SMILES string of the molecule is CC(NC(=O)Nc1ccc(-c2cnc(C3CCCCC3)s2)c(N(S)NC(C)(C)C)c1)c1ccccn1. The van der Waals surface area contributed by atoms with E-state index >= 15 is 0 Å². The maximum Gasteiger partial charge on any atom is 0.319 e. The summed E-state index contributed by atoms with van der Waals surface area (Å²) in [6, 6.07) is 11.0. The van der Waals surface area contributed by atoms with E-state index in [1.54, 1.807) is 21.9 Å². The molecule has 1 unspecified atom stereocenters. The van der Waals surface area contributed by atoms with E-state index < -0.39 is 0 Å². The molecule has 2 heterocycles. The maximum atomic E-state index is 12.7. The second-order valence-electron chi connectivity index (χ2n) is 10.4. The first-order valence-corrected chi connectivity index (χ1v) is 13.8. The van der Waals surface area contributed by atoms with Crippen LogP contribution in [-0.2, 0) is 0 Å². The van der Waals surface area contributed by atoms with Crippen molar-refractivity contribution in [2.45, 2.75) is 77.3 Å². The number of thiazole rings is 1. The number of carbonyl (C=O) groups excluding carboxylic acids is 1. The summed E-state index contributed by atoms with van der Waals surface area (Å²) in [6.45, 7) is 8.15. The quantitative estimate of drug-likeness (QED) is 0.196. The zero-order valence-corrected chi connectivity index (χ0v) is 23.1. The summed E-state index contributed by atoms with van der Waals surface area (Å²) in [5, 5.41) is 7.12. The van der Waals surface area contributed by atoms with Gasteiger partial charge in [-0.15, -0.1) is 11.3 Å². The molecular formula is C27H36N6OS2. The highest BCUT2D eigenvalue weighted by Gasteiger charge is 2.22. The van der Waals surface area contributed by atoms with Crippen LogP contribution in [-0.4, -0.2) is 21.5 Å². The number of carbonyl (C=O) groups is 1. The molecule has 0 spiro atoms. The van der Waals surface area contributed by atoms with E-state index in [4.69, 9.17) is 17.8 Å². The normalized spacial score (nSPS) is 15.4. The lowest BCUT2D eigenvalue weighted by Crippen LogP contribution is -2.44. The van der Waals surface area contributed by atoms with Crippen LogP contribution in [0.1, 0.15) is 82.5 Å². The molecule has 0 bridgehead atoms. The highest BCUT2D eigenvalue weighted by Crippen LogP contribution is 2.41. The second kappa shape index (κ2) is 11.6. The number of hydrazine groups is 1. The minimum absolute atomic E-state index is 0.196. The Labute approximate surface area is 223 Å². The van der Waals surface area contributed by atoms with Crippen molar-refractivity contribution in [2.75, 3.05) is 9.73 Å². The molecule has 1 saturated carbocycles. The van der Waals surface area contributed by atoms with Gasteiger partial charge in [-0.1, -0.05) is 25.3 Å². The molecule has 36 heavy (non-hydrogen) atoms. The lowest BCUT2D eigenvalue weighted by molar-refractivity contribution is 0.249. The third-order valence-corrected chi connectivity index (χ3v) is 7.66. The minimum Gasteiger partial charge on any atom is -0.330 e. The summed E-state index contributed by atoms with van der Waals surface area (Å²) in [7, 11) is 0. The first-order chi connectivity index (χ1) is 17.2. The van der Waals surface area contributed by atoms with E-state index in [0.29, 0.717) is 11.6 Å². The van der Waals surface area contributed by atoms with Gasteiger partial charge >= 0.3 is 6.03 Å². The van der Waals surface area contributed by atoms with Gasteiger partial charge in [-0.25, -0.2) is 15.2 Å². The minimum atomic E-state index is -0.293. The first kappa shape index (κ1) is 26.4. The Balaban J connectivity index is 1.56. The zero-order chi connectivity index (χ0) is 25.7. The molecule has 1 aliphatic carbocycles. The van der Waals surface area contributed by atoms with Crippen molar-refractivity contribution in [1.29, 1.82) is 0 Å². The fourth-order valence-corrected chi connectivity index (χ4v) is 5.98. The van der Waals surface area contributed by atoms with Crippen LogP contribution >= 0.6 is 24.2 Å². The summed E-state index contributed by atoms with van der Waals surface area (Å²) in [4.78, 5) is 22.9. The molecule has 0 aliphatic heterocycles. The van der Waals surface area contributed by atoms with Crippen molar-refractivity contribution in [3.8, 4) is 10.4 Å². The van der Waals surface area contributed by atoms with E-state index in [1.807, 2.05) is 49.5 Å². The molecule has 4 rings (SSSR count). The van der Waals surface area contributed by atoms with Gasteiger partial charge in [-0.2, -0.15) is 0 Å². The van der Waals surface area contributed by atoms with E-state index in [9.17, 15) is 4.79 Å². The van der Waals surface area contributed by atoms with E-state index in [0.717, 1.165) is 21.8 Å². The van der Waals surface area contributed by atoms with Crippen LogP contribution in [0.3, 0.4) is 0 Å². The predicted molar refractivity (Wildman–Crippen MR) is 153 cm³/mol. The molecule has 9 heteroatoms. The number of thiol groups is 1. The molecule has 0 radical (unpaired) electrons. The van der Waals surface area contributed by atoms with Gasteiger partial charge in [0.25, 0.3) is 0 Å². The molecule has 7 nitrogen and oxygen atoms in total.